The Morgan fingerprint density at radius 3 is 2.30 bits per heavy atom. The molecule has 0 saturated carbocycles. The number of thiophene rings is 1. The Morgan fingerprint density at radius 1 is 0.950 bits per heavy atom. The van der Waals surface area contributed by atoms with Crippen molar-refractivity contribution in [2.45, 2.75) is 26.3 Å². The Labute approximate surface area is 234 Å². The van der Waals surface area contributed by atoms with E-state index in [1.807, 2.05) is 60.7 Å². The Morgan fingerprint density at radius 2 is 1.60 bits per heavy atom. The molecule has 0 aliphatic rings. The molecule has 40 heavy (non-hydrogen) atoms. The van der Waals surface area contributed by atoms with Gasteiger partial charge in [-0.3, -0.25) is 14.2 Å². The molecule has 0 radical (unpaired) electrons. The lowest BCUT2D eigenvalue weighted by atomic mass is 10.2. The fourth-order valence-corrected chi connectivity index (χ4v) is 5.22. The van der Waals surface area contributed by atoms with Gasteiger partial charge < -0.3 is 14.8 Å². The molecular formula is C31H27N3O5S. The zero-order chi connectivity index (χ0) is 28.1. The van der Waals surface area contributed by atoms with Gasteiger partial charge in [-0.15, -0.1) is 11.3 Å². The van der Waals surface area contributed by atoms with Crippen LogP contribution in [0.15, 0.2) is 96.1 Å². The quantitative estimate of drug-likeness (QED) is 0.220. The minimum absolute atomic E-state index is 0.227. The number of aryl methyl sites for hydroxylation is 1. The van der Waals surface area contributed by atoms with E-state index >= 15 is 0 Å². The minimum Gasteiger partial charge on any atom is -0.461 e. The number of amides is 1. The van der Waals surface area contributed by atoms with Crippen LogP contribution in [0, 0.1) is 6.92 Å². The highest BCUT2D eigenvalue weighted by atomic mass is 32.1. The highest BCUT2D eigenvalue weighted by Gasteiger charge is 2.23. The van der Waals surface area contributed by atoms with Gasteiger partial charge in [0.05, 0.1) is 18.3 Å². The van der Waals surface area contributed by atoms with E-state index in [0.717, 1.165) is 16.9 Å². The van der Waals surface area contributed by atoms with Crippen molar-refractivity contribution in [1.82, 2.24) is 9.55 Å². The van der Waals surface area contributed by atoms with Crippen LogP contribution in [-0.2, 0) is 16.0 Å². The van der Waals surface area contributed by atoms with E-state index in [9.17, 15) is 14.4 Å². The number of esters is 1. The second kappa shape index (κ2) is 12.0. The van der Waals surface area contributed by atoms with E-state index in [4.69, 9.17) is 9.47 Å². The van der Waals surface area contributed by atoms with E-state index in [1.165, 1.54) is 10.9 Å². The average Bonchev–Trinajstić information content (AvgIpc) is 3.32. The first-order chi connectivity index (χ1) is 19.4. The number of rotatable bonds is 9. The van der Waals surface area contributed by atoms with Crippen molar-refractivity contribution in [1.29, 1.82) is 0 Å². The van der Waals surface area contributed by atoms with Crippen molar-refractivity contribution >= 4 is 39.1 Å². The van der Waals surface area contributed by atoms with Crippen LogP contribution in [0.2, 0.25) is 0 Å². The third kappa shape index (κ3) is 5.94. The summed E-state index contributed by atoms with van der Waals surface area (Å²) in [4.78, 5) is 44.3. The Balaban J connectivity index is 1.26. The van der Waals surface area contributed by atoms with E-state index in [-0.39, 0.29) is 12.5 Å². The average molecular weight is 554 g/mol. The van der Waals surface area contributed by atoms with Gasteiger partial charge in [0.15, 0.2) is 0 Å². The van der Waals surface area contributed by atoms with Crippen molar-refractivity contribution < 1.29 is 19.1 Å². The number of hydrogen-bond acceptors (Lipinski definition) is 7. The number of hydrogen-bond donors (Lipinski definition) is 1. The van der Waals surface area contributed by atoms with Gasteiger partial charge in [0.1, 0.15) is 27.2 Å². The van der Waals surface area contributed by atoms with Gasteiger partial charge in [0.25, 0.3) is 5.56 Å². The minimum atomic E-state index is -0.842. The van der Waals surface area contributed by atoms with Crippen LogP contribution in [0.3, 0.4) is 0 Å². The second-order valence-electron chi connectivity index (χ2n) is 9.17. The zero-order valence-electron chi connectivity index (χ0n) is 22.0. The topological polar surface area (TPSA) is 99.5 Å². The summed E-state index contributed by atoms with van der Waals surface area (Å²) in [5.74, 6) is 0.467. The number of carbonyl (C=O) groups excluding carboxylic acids is 2. The van der Waals surface area contributed by atoms with Crippen molar-refractivity contribution in [2.24, 2.45) is 0 Å². The van der Waals surface area contributed by atoms with Gasteiger partial charge in [0, 0.05) is 12.1 Å². The van der Waals surface area contributed by atoms with Crippen molar-refractivity contribution in [3.63, 3.8) is 0 Å². The molecule has 5 rings (SSSR count). The third-order valence-corrected chi connectivity index (χ3v) is 7.61. The molecule has 1 unspecified atom stereocenters. The largest absolute Gasteiger partial charge is 0.461 e. The summed E-state index contributed by atoms with van der Waals surface area (Å²) in [5, 5.41) is 3.14. The molecule has 1 N–H and O–H groups in total. The van der Waals surface area contributed by atoms with Crippen LogP contribution in [0.5, 0.6) is 11.5 Å². The maximum atomic E-state index is 13.4. The molecule has 0 fully saturated rings. The predicted octanol–water partition coefficient (Wildman–Crippen LogP) is 6.16. The molecule has 1 amide bonds. The predicted molar refractivity (Wildman–Crippen MR) is 155 cm³/mol. The lowest BCUT2D eigenvalue weighted by molar-refractivity contribution is -0.118. The first kappa shape index (κ1) is 26.8. The summed E-state index contributed by atoms with van der Waals surface area (Å²) < 4.78 is 12.5. The molecule has 1 atom stereocenters. The summed E-state index contributed by atoms with van der Waals surface area (Å²) in [5.41, 5.74) is 1.73. The van der Waals surface area contributed by atoms with Crippen LogP contribution >= 0.6 is 11.3 Å². The third-order valence-electron chi connectivity index (χ3n) is 6.43. The first-order valence-corrected chi connectivity index (χ1v) is 13.6. The molecule has 0 aliphatic heterocycles. The Bertz CT molecular complexity index is 1700. The molecule has 2 heterocycles. The summed E-state index contributed by atoms with van der Waals surface area (Å²) in [6, 6.07) is 25.2. The van der Waals surface area contributed by atoms with Gasteiger partial charge in [0.2, 0.25) is 5.91 Å². The van der Waals surface area contributed by atoms with Crippen LogP contribution in [-0.4, -0.2) is 28.0 Å². The lowest BCUT2D eigenvalue weighted by Crippen LogP contribution is -2.31. The molecular weight excluding hydrogens is 526 g/mol. The summed E-state index contributed by atoms with van der Waals surface area (Å²) in [7, 11) is 0. The fourth-order valence-electron chi connectivity index (χ4n) is 4.18. The monoisotopic (exact) mass is 553 g/mol. The summed E-state index contributed by atoms with van der Waals surface area (Å²) in [6.45, 7) is 3.55. The molecule has 0 saturated heterocycles. The highest BCUT2D eigenvalue weighted by Crippen LogP contribution is 2.28. The summed E-state index contributed by atoms with van der Waals surface area (Å²) in [6.07, 6.45) is 1.93. The van der Waals surface area contributed by atoms with Crippen LogP contribution in [0.25, 0.3) is 10.2 Å². The number of anilines is 1. The van der Waals surface area contributed by atoms with Crippen molar-refractivity contribution in [3.8, 4) is 11.5 Å². The van der Waals surface area contributed by atoms with Crippen molar-refractivity contribution in [2.75, 3.05) is 11.9 Å². The van der Waals surface area contributed by atoms with E-state index < -0.39 is 17.6 Å². The maximum absolute atomic E-state index is 13.4. The standard InChI is InChI=1S/C31H27N3O5S/c1-20-26-29(40-27(20)31(37)38-18-17-22-9-5-3-6-10-22)32-19-34(30(26)36)21(2)28(35)33-23-13-15-25(16-14-23)39-24-11-7-4-8-12-24/h3-16,19,21H,17-18H2,1-2H3,(H,33,35). The number of para-hydroxylation sites is 1. The highest BCUT2D eigenvalue weighted by molar-refractivity contribution is 7.20. The van der Waals surface area contributed by atoms with Gasteiger partial charge in [-0.25, -0.2) is 9.78 Å². The molecule has 9 heteroatoms. The van der Waals surface area contributed by atoms with Crippen LogP contribution in [0.1, 0.15) is 33.8 Å². The number of fused-ring (bicyclic) bond motifs is 1. The summed E-state index contributed by atoms with van der Waals surface area (Å²) >= 11 is 1.11. The van der Waals surface area contributed by atoms with Gasteiger partial charge in [-0.05, 0) is 61.4 Å². The van der Waals surface area contributed by atoms with Crippen molar-refractivity contribution in [3.05, 3.63) is 118 Å². The SMILES string of the molecule is Cc1c(C(=O)OCCc2ccccc2)sc2ncn(C(C)C(=O)Nc3ccc(Oc4ccccc4)cc3)c(=O)c12. The smallest absolute Gasteiger partial charge is 0.348 e. The van der Waals surface area contributed by atoms with E-state index in [0.29, 0.717) is 44.3 Å². The molecule has 0 spiro atoms. The molecule has 2 aromatic heterocycles. The maximum Gasteiger partial charge on any atom is 0.348 e. The lowest BCUT2D eigenvalue weighted by Gasteiger charge is -2.15. The molecule has 0 aliphatic carbocycles. The van der Waals surface area contributed by atoms with E-state index in [1.54, 1.807) is 38.1 Å². The van der Waals surface area contributed by atoms with E-state index in [2.05, 4.69) is 10.3 Å². The van der Waals surface area contributed by atoms with Gasteiger partial charge in [-0.1, -0.05) is 48.5 Å². The fraction of sp³-hybridized carbons (Fsp3) is 0.161. The number of nitrogens with zero attached hydrogens (tertiary/aromatic N) is 2. The first-order valence-electron chi connectivity index (χ1n) is 12.8. The molecule has 8 nitrogen and oxygen atoms in total. The van der Waals surface area contributed by atoms with Crippen LogP contribution < -0.4 is 15.6 Å². The van der Waals surface area contributed by atoms with Crippen LogP contribution in [0.4, 0.5) is 5.69 Å². The molecule has 3 aromatic carbocycles. The number of carbonyl (C=O) groups is 2. The Kier molecular flexibility index (Phi) is 8.02. The Hall–Kier alpha value is -4.76. The second-order valence-corrected chi connectivity index (χ2v) is 10.2. The molecule has 0 bridgehead atoms. The molecule has 5 aromatic rings. The number of ether oxygens (including phenoxy) is 2. The zero-order valence-corrected chi connectivity index (χ0v) is 22.8. The number of benzene rings is 3. The number of nitrogens with one attached hydrogen (secondary N) is 1. The van der Waals surface area contributed by atoms with Gasteiger partial charge in [-0.2, -0.15) is 0 Å². The van der Waals surface area contributed by atoms with Gasteiger partial charge >= 0.3 is 5.97 Å². The molecule has 202 valence electrons. The normalized spacial score (nSPS) is 11.7. The number of aromatic nitrogens is 2.